The van der Waals surface area contributed by atoms with Crippen LogP contribution < -0.4 is 9.62 Å². The third-order valence-corrected chi connectivity index (χ3v) is 9.68. The van der Waals surface area contributed by atoms with Crippen LogP contribution in [-0.2, 0) is 15.6 Å². The minimum absolute atomic E-state index is 0.0561. The summed E-state index contributed by atoms with van der Waals surface area (Å²) in [5.41, 5.74) is 3.84. The monoisotopic (exact) mass is 503 g/mol. The molecule has 3 aromatic rings. The smallest absolute Gasteiger partial charge is 0.262 e. The molecule has 190 valence electrons. The van der Waals surface area contributed by atoms with Gasteiger partial charge in [-0.25, -0.2) is 8.42 Å². The number of hydrogen-bond donors (Lipinski definition) is 1. The van der Waals surface area contributed by atoms with Crippen molar-refractivity contribution in [3.63, 3.8) is 0 Å². The van der Waals surface area contributed by atoms with Crippen LogP contribution in [-0.4, -0.2) is 39.5 Å². The van der Waals surface area contributed by atoms with Gasteiger partial charge in [-0.2, -0.15) is 0 Å². The molecule has 0 radical (unpaired) electrons. The summed E-state index contributed by atoms with van der Waals surface area (Å²) < 4.78 is 29.2. The van der Waals surface area contributed by atoms with Crippen molar-refractivity contribution in [2.24, 2.45) is 5.92 Å². The van der Waals surface area contributed by atoms with E-state index in [9.17, 15) is 8.42 Å². The number of para-hydroxylation sites is 1. The van der Waals surface area contributed by atoms with Gasteiger partial charge in [0.25, 0.3) is 10.0 Å². The molecule has 0 bridgehead atoms. The van der Waals surface area contributed by atoms with Crippen LogP contribution in [0.3, 0.4) is 0 Å². The maximum Gasteiger partial charge on any atom is 0.262 e. The summed E-state index contributed by atoms with van der Waals surface area (Å²) in [6, 6.07) is 25.9. The van der Waals surface area contributed by atoms with Gasteiger partial charge in [0.2, 0.25) is 0 Å². The Morgan fingerprint density at radius 2 is 1.50 bits per heavy atom. The van der Waals surface area contributed by atoms with E-state index in [-0.39, 0.29) is 5.54 Å². The lowest BCUT2D eigenvalue weighted by molar-refractivity contribution is 0.0299. The molecule has 2 fully saturated rings. The van der Waals surface area contributed by atoms with Crippen molar-refractivity contribution in [1.82, 2.24) is 4.90 Å². The molecule has 2 aliphatic rings. The van der Waals surface area contributed by atoms with E-state index in [1.165, 1.54) is 24.1 Å². The van der Waals surface area contributed by atoms with Gasteiger partial charge in [-0.3, -0.25) is 9.62 Å². The SMILES string of the molecule is Cc1ccccc1S(=O)(=O)Nc1cccc(C2(N3CCN(c4ccccc4)CC3)CCC(C)CC2)c1. The quantitative estimate of drug-likeness (QED) is 0.447. The molecule has 0 unspecified atom stereocenters. The predicted octanol–water partition coefficient (Wildman–Crippen LogP) is 6.02. The van der Waals surface area contributed by atoms with Crippen LogP contribution in [0.25, 0.3) is 0 Å². The number of nitrogens with zero attached hydrogens (tertiary/aromatic N) is 2. The third-order valence-electron chi connectivity index (χ3n) is 8.14. The first-order valence-electron chi connectivity index (χ1n) is 13.1. The molecule has 6 heteroatoms. The Morgan fingerprint density at radius 1 is 0.833 bits per heavy atom. The summed E-state index contributed by atoms with van der Waals surface area (Å²) in [7, 11) is -3.65. The topological polar surface area (TPSA) is 52.7 Å². The molecule has 5 nitrogen and oxygen atoms in total. The van der Waals surface area contributed by atoms with E-state index in [2.05, 4.69) is 63.9 Å². The molecule has 1 N–H and O–H groups in total. The molecule has 0 amide bonds. The first kappa shape index (κ1) is 24.8. The Kier molecular flexibility index (Phi) is 7.09. The van der Waals surface area contributed by atoms with Gasteiger partial charge >= 0.3 is 0 Å². The van der Waals surface area contributed by atoms with Crippen LogP contribution in [0.15, 0.2) is 83.8 Å². The number of sulfonamides is 1. The van der Waals surface area contributed by atoms with Crippen LogP contribution in [0.2, 0.25) is 0 Å². The van der Waals surface area contributed by atoms with Crippen molar-refractivity contribution >= 4 is 21.4 Å². The predicted molar refractivity (Wildman–Crippen MR) is 148 cm³/mol. The third kappa shape index (κ3) is 5.02. The number of rotatable bonds is 6. The van der Waals surface area contributed by atoms with E-state index >= 15 is 0 Å². The Hall–Kier alpha value is -2.83. The molecule has 0 atom stereocenters. The van der Waals surface area contributed by atoms with Crippen LogP contribution in [0.1, 0.15) is 43.7 Å². The highest BCUT2D eigenvalue weighted by atomic mass is 32.2. The zero-order chi connectivity index (χ0) is 25.2. The van der Waals surface area contributed by atoms with Crippen molar-refractivity contribution in [2.45, 2.75) is 50.0 Å². The number of aryl methyl sites for hydroxylation is 1. The maximum absolute atomic E-state index is 13.2. The standard InChI is InChI=1S/C30H37N3O2S/c1-24-15-17-30(18-16-24,33-21-19-32(20-22-33)28-12-4-3-5-13-28)26-10-8-11-27(23-26)31-36(34,35)29-14-7-6-9-25(29)2/h3-14,23-24,31H,15-22H2,1-2H3. The highest BCUT2D eigenvalue weighted by molar-refractivity contribution is 7.92. The highest BCUT2D eigenvalue weighted by Crippen LogP contribution is 2.45. The highest BCUT2D eigenvalue weighted by Gasteiger charge is 2.42. The van der Waals surface area contributed by atoms with E-state index in [1.807, 2.05) is 31.2 Å². The lowest BCUT2D eigenvalue weighted by Crippen LogP contribution is -2.56. The molecule has 1 saturated heterocycles. The van der Waals surface area contributed by atoms with Crippen LogP contribution >= 0.6 is 0 Å². The molecule has 1 aliphatic heterocycles. The average molecular weight is 504 g/mol. The minimum Gasteiger partial charge on any atom is -0.369 e. The van der Waals surface area contributed by atoms with E-state index in [0.29, 0.717) is 10.6 Å². The Balaban J connectivity index is 1.41. The summed E-state index contributed by atoms with van der Waals surface area (Å²) in [6.07, 6.45) is 4.59. The van der Waals surface area contributed by atoms with Gasteiger partial charge in [0.1, 0.15) is 0 Å². The summed E-state index contributed by atoms with van der Waals surface area (Å²) in [6.45, 7) is 8.19. The summed E-state index contributed by atoms with van der Waals surface area (Å²) >= 11 is 0. The van der Waals surface area contributed by atoms with Gasteiger partial charge in [-0.1, -0.05) is 55.5 Å². The number of nitrogens with one attached hydrogen (secondary N) is 1. The number of hydrogen-bond acceptors (Lipinski definition) is 4. The molecular formula is C30H37N3O2S. The zero-order valence-corrected chi connectivity index (χ0v) is 22.2. The van der Waals surface area contributed by atoms with Gasteiger partial charge < -0.3 is 4.90 Å². The van der Waals surface area contributed by atoms with E-state index in [0.717, 1.165) is 50.5 Å². The fourth-order valence-corrected chi connectivity index (χ4v) is 7.30. The Bertz CT molecular complexity index is 1280. The van der Waals surface area contributed by atoms with Crippen molar-refractivity contribution in [3.05, 3.63) is 90.0 Å². The second-order valence-corrected chi connectivity index (χ2v) is 12.1. The van der Waals surface area contributed by atoms with Crippen LogP contribution in [0, 0.1) is 12.8 Å². The van der Waals surface area contributed by atoms with E-state index in [4.69, 9.17) is 0 Å². The van der Waals surface area contributed by atoms with Gasteiger partial charge in [-0.15, -0.1) is 0 Å². The number of anilines is 2. The lowest BCUT2D eigenvalue weighted by atomic mass is 9.71. The van der Waals surface area contributed by atoms with Gasteiger partial charge in [0.15, 0.2) is 0 Å². The molecule has 1 saturated carbocycles. The zero-order valence-electron chi connectivity index (χ0n) is 21.4. The van der Waals surface area contributed by atoms with E-state index < -0.39 is 10.0 Å². The van der Waals surface area contributed by atoms with Gasteiger partial charge in [0, 0.05) is 43.1 Å². The fraction of sp³-hybridized carbons (Fsp3) is 0.400. The number of benzene rings is 3. The van der Waals surface area contributed by atoms with Crippen molar-refractivity contribution in [2.75, 3.05) is 35.8 Å². The molecule has 1 aliphatic carbocycles. The Morgan fingerprint density at radius 3 is 2.19 bits per heavy atom. The van der Waals surface area contributed by atoms with Crippen LogP contribution in [0.4, 0.5) is 11.4 Å². The summed E-state index contributed by atoms with van der Waals surface area (Å²) in [5.74, 6) is 0.728. The normalized spacial score (nSPS) is 23.4. The molecular weight excluding hydrogens is 466 g/mol. The molecule has 36 heavy (non-hydrogen) atoms. The molecule has 3 aromatic carbocycles. The van der Waals surface area contributed by atoms with Crippen molar-refractivity contribution in [3.8, 4) is 0 Å². The van der Waals surface area contributed by atoms with Crippen molar-refractivity contribution < 1.29 is 8.42 Å². The van der Waals surface area contributed by atoms with Gasteiger partial charge in [-0.05, 0) is 80.0 Å². The minimum atomic E-state index is -3.65. The fourth-order valence-electron chi connectivity index (χ4n) is 6.00. The molecule has 0 aromatic heterocycles. The van der Waals surface area contributed by atoms with Gasteiger partial charge in [0.05, 0.1) is 4.90 Å². The van der Waals surface area contributed by atoms with E-state index in [1.54, 1.807) is 12.1 Å². The maximum atomic E-state index is 13.2. The second kappa shape index (κ2) is 10.3. The average Bonchev–Trinajstić information content (AvgIpc) is 2.90. The molecule has 5 rings (SSSR count). The molecule has 1 heterocycles. The number of piperazine rings is 1. The first-order valence-corrected chi connectivity index (χ1v) is 14.6. The van der Waals surface area contributed by atoms with Crippen molar-refractivity contribution in [1.29, 1.82) is 0 Å². The van der Waals surface area contributed by atoms with Crippen LogP contribution in [0.5, 0.6) is 0 Å². The first-order chi connectivity index (χ1) is 17.4. The lowest BCUT2D eigenvalue weighted by Gasteiger charge is -2.51. The molecule has 0 spiro atoms. The summed E-state index contributed by atoms with van der Waals surface area (Å²) in [4.78, 5) is 5.48. The largest absolute Gasteiger partial charge is 0.369 e. The Labute approximate surface area is 216 Å². The summed E-state index contributed by atoms with van der Waals surface area (Å²) in [5, 5.41) is 0. The second-order valence-electron chi connectivity index (χ2n) is 10.5.